The van der Waals surface area contributed by atoms with Crippen LogP contribution in [0.4, 0.5) is 5.69 Å². The first-order valence-corrected chi connectivity index (χ1v) is 10.4. The molecule has 1 aliphatic rings. The normalized spacial score (nSPS) is 15.1. The summed E-state index contributed by atoms with van der Waals surface area (Å²) >= 11 is 0. The van der Waals surface area contributed by atoms with Crippen molar-refractivity contribution in [2.45, 2.75) is 13.8 Å². The zero-order valence-corrected chi connectivity index (χ0v) is 17.7. The number of rotatable bonds is 3. The minimum Gasteiger partial charge on any atom is -0.369 e. The Morgan fingerprint density at radius 2 is 1.67 bits per heavy atom. The summed E-state index contributed by atoms with van der Waals surface area (Å²) in [4.78, 5) is 22.1. The molecule has 0 spiro atoms. The number of aromatic nitrogens is 4. The Morgan fingerprint density at radius 3 is 2.40 bits per heavy atom. The molecule has 1 aliphatic heterocycles. The van der Waals surface area contributed by atoms with Gasteiger partial charge in [-0.1, -0.05) is 12.1 Å². The van der Waals surface area contributed by atoms with Crippen LogP contribution >= 0.6 is 0 Å². The first-order chi connectivity index (χ1) is 14.6. The Kier molecular flexibility index (Phi) is 4.71. The first kappa shape index (κ1) is 18.8. The van der Waals surface area contributed by atoms with Gasteiger partial charge in [0.2, 0.25) is 0 Å². The predicted molar refractivity (Wildman–Crippen MR) is 122 cm³/mol. The summed E-state index contributed by atoms with van der Waals surface area (Å²) in [5, 5.41) is 0. The molecule has 30 heavy (non-hydrogen) atoms. The number of benzene rings is 1. The third-order valence-electron chi connectivity index (χ3n) is 6.06. The highest BCUT2D eigenvalue weighted by atomic mass is 15.2. The van der Waals surface area contributed by atoms with E-state index in [9.17, 15) is 0 Å². The van der Waals surface area contributed by atoms with Gasteiger partial charge in [-0.05, 0) is 44.7 Å². The Bertz CT molecular complexity index is 1190. The van der Waals surface area contributed by atoms with Gasteiger partial charge in [0.05, 0.1) is 11.9 Å². The highest BCUT2D eigenvalue weighted by molar-refractivity contribution is 5.91. The van der Waals surface area contributed by atoms with E-state index in [2.05, 4.69) is 69.1 Å². The number of pyridine rings is 1. The molecule has 5 rings (SSSR count). The van der Waals surface area contributed by atoms with E-state index < -0.39 is 0 Å². The van der Waals surface area contributed by atoms with Crippen molar-refractivity contribution in [1.29, 1.82) is 0 Å². The summed E-state index contributed by atoms with van der Waals surface area (Å²) in [5.41, 5.74) is 9.20. The van der Waals surface area contributed by atoms with Gasteiger partial charge in [-0.2, -0.15) is 0 Å². The molecule has 6 heteroatoms. The van der Waals surface area contributed by atoms with Gasteiger partial charge in [-0.15, -0.1) is 0 Å². The number of anilines is 1. The molecule has 4 heterocycles. The lowest BCUT2D eigenvalue weighted by Crippen LogP contribution is -2.44. The van der Waals surface area contributed by atoms with Crippen molar-refractivity contribution in [3.8, 4) is 22.4 Å². The predicted octanol–water partition coefficient (Wildman–Crippen LogP) is 4.06. The molecule has 0 aliphatic carbocycles. The monoisotopic (exact) mass is 398 g/mol. The lowest BCUT2D eigenvalue weighted by Gasteiger charge is -2.34. The molecule has 1 saturated heterocycles. The molecule has 6 nitrogen and oxygen atoms in total. The number of likely N-dealkylation sites (N-methyl/N-ethyl adjacent to an activating group) is 1. The van der Waals surface area contributed by atoms with Crippen molar-refractivity contribution in [3.05, 3.63) is 60.2 Å². The highest BCUT2D eigenvalue weighted by Gasteiger charge is 2.15. The SMILES string of the molecule is Cc1cc(-c2c[nH]c3ncc(-c4ccc(N5CCN(C)CC5)cc4)nc23)cnc1C. The Labute approximate surface area is 176 Å². The molecular formula is C24H26N6. The topological polar surface area (TPSA) is 60.9 Å². The smallest absolute Gasteiger partial charge is 0.156 e. The van der Waals surface area contributed by atoms with Crippen molar-refractivity contribution in [3.63, 3.8) is 0 Å². The Morgan fingerprint density at radius 1 is 0.900 bits per heavy atom. The fourth-order valence-electron chi connectivity index (χ4n) is 3.95. The van der Waals surface area contributed by atoms with Crippen LogP contribution in [-0.2, 0) is 0 Å². The largest absolute Gasteiger partial charge is 0.369 e. The second kappa shape index (κ2) is 7.54. The van der Waals surface area contributed by atoms with Crippen LogP contribution in [0, 0.1) is 13.8 Å². The number of nitrogens with zero attached hydrogens (tertiary/aromatic N) is 5. The lowest BCUT2D eigenvalue weighted by atomic mass is 10.1. The van der Waals surface area contributed by atoms with Gasteiger partial charge >= 0.3 is 0 Å². The van der Waals surface area contributed by atoms with Crippen LogP contribution in [0.25, 0.3) is 33.5 Å². The average molecular weight is 399 g/mol. The van der Waals surface area contributed by atoms with Crippen LogP contribution in [-0.4, -0.2) is 58.1 Å². The molecule has 0 bridgehead atoms. The van der Waals surface area contributed by atoms with Crippen LogP contribution in [0.2, 0.25) is 0 Å². The molecule has 1 N–H and O–H groups in total. The van der Waals surface area contributed by atoms with Crippen LogP contribution < -0.4 is 4.90 Å². The Hall–Kier alpha value is -3.25. The summed E-state index contributed by atoms with van der Waals surface area (Å²) in [6, 6.07) is 10.8. The first-order valence-electron chi connectivity index (χ1n) is 10.4. The number of nitrogens with one attached hydrogen (secondary N) is 1. The van der Waals surface area contributed by atoms with E-state index in [-0.39, 0.29) is 0 Å². The molecule has 152 valence electrons. The van der Waals surface area contributed by atoms with Gasteiger partial charge in [-0.25, -0.2) is 9.97 Å². The van der Waals surface area contributed by atoms with Crippen molar-refractivity contribution in [1.82, 2.24) is 24.8 Å². The van der Waals surface area contributed by atoms with Gasteiger partial charge in [0.25, 0.3) is 0 Å². The second-order valence-electron chi connectivity index (χ2n) is 8.12. The molecule has 1 aromatic carbocycles. The number of fused-ring (bicyclic) bond motifs is 1. The van der Waals surface area contributed by atoms with E-state index in [4.69, 9.17) is 4.98 Å². The molecule has 0 unspecified atom stereocenters. The number of aryl methyl sites for hydroxylation is 2. The standard InChI is InChI=1S/C24H26N6/c1-16-12-19(13-25-17(16)2)21-14-26-24-23(21)28-22(15-27-24)18-4-6-20(7-5-18)30-10-8-29(3)9-11-30/h4-7,12-15H,8-11H2,1-3H3,(H,26,27). The number of H-pyrrole nitrogens is 1. The van der Waals surface area contributed by atoms with Gasteiger partial charge in [0.15, 0.2) is 5.65 Å². The van der Waals surface area contributed by atoms with Crippen molar-refractivity contribution < 1.29 is 0 Å². The summed E-state index contributed by atoms with van der Waals surface area (Å²) < 4.78 is 0. The summed E-state index contributed by atoms with van der Waals surface area (Å²) in [5.74, 6) is 0. The van der Waals surface area contributed by atoms with Crippen LogP contribution in [0.1, 0.15) is 11.3 Å². The van der Waals surface area contributed by atoms with E-state index in [1.807, 2.05) is 25.5 Å². The fraction of sp³-hybridized carbons (Fsp3) is 0.292. The maximum Gasteiger partial charge on any atom is 0.156 e. The number of hydrogen-bond donors (Lipinski definition) is 1. The highest BCUT2D eigenvalue weighted by Crippen LogP contribution is 2.29. The maximum atomic E-state index is 4.94. The van der Waals surface area contributed by atoms with Gasteiger partial charge in [-0.3, -0.25) is 4.98 Å². The summed E-state index contributed by atoms with van der Waals surface area (Å²) in [6.07, 6.45) is 5.72. The average Bonchev–Trinajstić information content (AvgIpc) is 3.20. The zero-order chi connectivity index (χ0) is 20.7. The molecule has 0 atom stereocenters. The number of hydrogen-bond acceptors (Lipinski definition) is 5. The summed E-state index contributed by atoms with van der Waals surface area (Å²) in [7, 11) is 2.18. The van der Waals surface area contributed by atoms with E-state index in [0.29, 0.717) is 0 Å². The maximum absolute atomic E-state index is 4.94. The van der Waals surface area contributed by atoms with E-state index in [1.54, 1.807) is 0 Å². The number of piperazine rings is 1. The molecule has 1 fully saturated rings. The minimum atomic E-state index is 0.793. The molecule has 0 amide bonds. The summed E-state index contributed by atoms with van der Waals surface area (Å²) in [6.45, 7) is 8.45. The zero-order valence-electron chi connectivity index (χ0n) is 17.7. The van der Waals surface area contributed by atoms with E-state index in [0.717, 1.165) is 65.4 Å². The van der Waals surface area contributed by atoms with Crippen LogP contribution in [0.15, 0.2) is 48.9 Å². The van der Waals surface area contributed by atoms with E-state index >= 15 is 0 Å². The van der Waals surface area contributed by atoms with Crippen molar-refractivity contribution >= 4 is 16.9 Å². The minimum absolute atomic E-state index is 0.793. The third kappa shape index (κ3) is 3.44. The van der Waals surface area contributed by atoms with Crippen LogP contribution in [0.5, 0.6) is 0 Å². The van der Waals surface area contributed by atoms with Gasteiger partial charge < -0.3 is 14.8 Å². The van der Waals surface area contributed by atoms with E-state index in [1.165, 1.54) is 11.3 Å². The quantitative estimate of drug-likeness (QED) is 0.564. The van der Waals surface area contributed by atoms with Gasteiger partial charge in [0, 0.05) is 66.6 Å². The Balaban J connectivity index is 1.47. The lowest BCUT2D eigenvalue weighted by molar-refractivity contribution is 0.313. The van der Waals surface area contributed by atoms with Gasteiger partial charge in [0.1, 0.15) is 5.52 Å². The molecular weight excluding hydrogens is 372 g/mol. The fourth-order valence-corrected chi connectivity index (χ4v) is 3.95. The molecule has 0 radical (unpaired) electrons. The van der Waals surface area contributed by atoms with Crippen molar-refractivity contribution in [2.24, 2.45) is 0 Å². The number of aromatic amines is 1. The molecule has 3 aromatic heterocycles. The second-order valence-corrected chi connectivity index (χ2v) is 8.12. The van der Waals surface area contributed by atoms with Crippen LogP contribution in [0.3, 0.4) is 0 Å². The molecule has 4 aromatic rings. The molecule has 0 saturated carbocycles. The van der Waals surface area contributed by atoms with Crippen molar-refractivity contribution in [2.75, 3.05) is 38.1 Å². The third-order valence-corrected chi connectivity index (χ3v) is 6.06.